The molecule has 0 atom stereocenters. The second-order valence-electron chi connectivity index (χ2n) is 8.14. The third kappa shape index (κ3) is 5.68. The van der Waals surface area contributed by atoms with Crippen LogP contribution in [0, 0.1) is 12.8 Å². The molecular formula is C20H31N5O3S. The van der Waals surface area contributed by atoms with Crippen molar-refractivity contribution in [2.24, 2.45) is 5.92 Å². The van der Waals surface area contributed by atoms with Gasteiger partial charge in [0.2, 0.25) is 0 Å². The molecule has 2 aromatic heterocycles. The summed E-state index contributed by atoms with van der Waals surface area (Å²) in [5.74, 6) is 2.46. The van der Waals surface area contributed by atoms with E-state index >= 15 is 0 Å². The number of pyridine rings is 1. The van der Waals surface area contributed by atoms with Crippen LogP contribution in [0.4, 0.5) is 11.8 Å². The molecule has 0 saturated carbocycles. The molecule has 1 saturated heterocycles. The van der Waals surface area contributed by atoms with Gasteiger partial charge in [-0.3, -0.25) is 0 Å². The zero-order valence-corrected chi connectivity index (χ0v) is 18.5. The van der Waals surface area contributed by atoms with Crippen molar-refractivity contribution < 1.29 is 12.9 Å². The lowest BCUT2D eigenvalue weighted by molar-refractivity contribution is 0.346. The minimum atomic E-state index is -3.23. The van der Waals surface area contributed by atoms with E-state index in [0.717, 1.165) is 57.0 Å². The second kappa shape index (κ2) is 9.11. The van der Waals surface area contributed by atoms with Gasteiger partial charge in [0.1, 0.15) is 5.82 Å². The van der Waals surface area contributed by atoms with Crippen LogP contribution in [0.15, 0.2) is 21.6 Å². The van der Waals surface area contributed by atoms with Crippen LogP contribution in [0.5, 0.6) is 0 Å². The lowest BCUT2D eigenvalue weighted by Gasteiger charge is -2.30. The van der Waals surface area contributed by atoms with Gasteiger partial charge in [0.15, 0.2) is 15.7 Å². The molecule has 1 aliphatic rings. The van der Waals surface area contributed by atoms with Gasteiger partial charge < -0.3 is 14.7 Å². The number of hydrogen-bond donors (Lipinski definition) is 1. The smallest absolute Gasteiger partial charge is 0.324 e. The quantitative estimate of drug-likeness (QED) is 0.647. The molecule has 1 fully saturated rings. The standard InChI is InChI=1S/C20H31N5O3S/c1-14(2)19-23-20(28-24-19)25-12-9-16(10-13-25)6-5-11-21-18-8-7-17(15(3)22-18)29(4,26)27/h7-8,14,16H,5-6,9-13H2,1-4H3,(H,21,22). The molecule has 0 aliphatic carbocycles. The summed E-state index contributed by atoms with van der Waals surface area (Å²) in [5.41, 5.74) is 0.534. The second-order valence-corrected chi connectivity index (χ2v) is 10.1. The fraction of sp³-hybridized carbons (Fsp3) is 0.650. The Morgan fingerprint density at radius 2 is 1.97 bits per heavy atom. The average Bonchev–Trinajstić information content (AvgIpc) is 3.15. The van der Waals surface area contributed by atoms with Crippen LogP contribution in [-0.4, -0.2) is 49.4 Å². The van der Waals surface area contributed by atoms with Gasteiger partial charge in [0.25, 0.3) is 0 Å². The number of anilines is 2. The van der Waals surface area contributed by atoms with E-state index in [4.69, 9.17) is 4.52 Å². The van der Waals surface area contributed by atoms with Crippen LogP contribution < -0.4 is 10.2 Å². The Morgan fingerprint density at radius 3 is 2.55 bits per heavy atom. The van der Waals surface area contributed by atoms with Crippen molar-refractivity contribution in [3.63, 3.8) is 0 Å². The summed E-state index contributed by atoms with van der Waals surface area (Å²) in [6, 6.07) is 4.00. The van der Waals surface area contributed by atoms with Crippen LogP contribution in [0.1, 0.15) is 57.0 Å². The highest BCUT2D eigenvalue weighted by molar-refractivity contribution is 7.90. The van der Waals surface area contributed by atoms with Gasteiger partial charge in [-0.05, 0) is 50.7 Å². The molecule has 0 bridgehead atoms. The van der Waals surface area contributed by atoms with E-state index in [1.807, 2.05) is 0 Å². The predicted octanol–water partition coefficient (Wildman–Crippen LogP) is 3.41. The fourth-order valence-electron chi connectivity index (χ4n) is 3.65. The summed E-state index contributed by atoms with van der Waals surface area (Å²) < 4.78 is 28.7. The third-order valence-electron chi connectivity index (χ3n) is 5.36. The van der Waals surface area contributed by atoms with Gasteiger partial charge >= 0.3 is 6.01 Å². The minimum absolute atomic E-state index is 0.276. The van der Waals surface area contributed by atoms with Gasteiger partial charge in [0, 0.05) is 31.8 Å². The zero-order chi connectivity index (χ0) is 21.0. The number of aryl methyl sites for hydroxylation is 1. The predicted molar refractivity (Wildman–Crippen MR) is 113 cm³/mol. The Bertz CT molecular complexity index is 918. The molecule has 3 rings (SSSR count). The first-order chi connectivity index (χ1) is 13.7. The van der Waals surface area contributed by atoms with Crippen molar-refractivity contribution in [1.29, 1.82) is 0 Å². The Hall–Kier alpha value is -2.16. The lowest BCUT2D eigenvalue weighted by Crippen LogP contribution is -2.34. The largest absolute Gasteiger partial charge is 0.370 e. The molecule has 160 valence electrons. The SMILES string of the molecule is Cc1nc(NCCCC2CCN(c3nc(C(C)C)no3)CC2)ccc1S(C)(=O)=O. The van der Waals surface area contributed by atoms with Gasteiger partial charge in [0.05, 0.1) is 10.6 Å². The topological polar surface area (TPSA) is 101 Å². The molecule has 1 N–H and O–H groups in total. The van der Waals surface area contributed by atoms with E-state index in [2.05, 4.69) is 39.2 Å². The first kappa shape index (κ1) is 21.5. The van der Waals surface area contributed by atoms with Crippen molar-refractivity contribution >= 4 is 21.7 Å². The van der Waals surface area contributed by atoms with Crippen molar-refractivity contribution in [2.75, 3.05) is 36.1 Å². The summed E-state index contributed by atoms with van der Waals surface area (Å²) in [7, 11) is -3.23. The molecule has 0 radical (unpaired) electrons. The fourth-order valence-corrected chi connectivity index (χ4v) is 4.55. The number of aromatic nitrogens is 3. The molecule has 9 heteroatoms. The molecule has 0 aromatic carbocycles. The van der Waals surface area contributed by atoms with E-state index in [0.29, 0.717) is 17.6 Å². The number of nitrogens with one attached hydrogen (secondary N) is 1. The number of hydrogen-bond acceptors (Lipinski definition) is 8. The van der Waals surface area contributed by atoms with Crippen molar-refractivity contribution in [3.05, 3.63) is 23.7 Å². The Labute approximate surface area is 173 Å². The summed E-state index contributed by atoms with van der Waals surface area (Å²) in [6.45, 7) is 8.57. The highest BCUT2D eigenvalue weighted by Crippen LogP contribution is 2.26. The lowest BCUT2D eigenvalue weighted by atomic mass is 9.92. The highest BCUT2D eigenvalue weighted by Gasteiger charge is 2.23. The van der Waals surface area contributed by atoms with Gasteiger partial charge in [-0.2, -0.15) is 4.98 Å². The molecule has 2 aromatic rings. The summed E-state index contributed by atoms with van der Waals surface area (Å²) in [6.07, 6.45) is 5.66. The normalized spacial score (nSPS) is 15.8. The van der Waals surface area contributed by atoms with E-state index < -0.39 is 9.84 Å². The maximum atomic E-state index is 11.7. The minimum Gasteiger partial charge on any atom is -0.370 e. The van der Waals surface area contributed by atoms with Crippen molar-refractivity contribution in [3.8, 4) is 0 Å². The van der Waals surface area contributed by atoms with Crippen molar-refractivity contribution in [2.45, 2.75) is 57.3 Å². The van der Waals surface area contributed by atoms with Gasteiger partial charge in [-0.15, -0.1) is 0 Å². The molecular weight excluding hydrogens is 390 g/mol. The van der Waals surface area contributed by atoms with E-state index in [9.17, 15) is 8.42 Å². The monoisotopic (exact) mass is 421 g/mol. The zero-order valence-electron chi connectivity index (χ0n) is 17.7. The van der Waals surface area contributed by atoms with Crippen LogP contribution in [0.25, 0.3) is 0 Å². The molecule has 1 aliphatic heterocycles. The third-order valence-corrected chi connectivity index (χ3v) is 6.59. The Morgan fingerprint density at radius 1 is 1.24 bits per heavy atom. The number of sulfone groups is 1. The number of piperidine rings is 1. The molecule has 29 heavy (non-hydrogen) atoms. The summed E-state index contributed by atoms with van der Waals surface area (Å²) >= 11 is 0. The summed E-state index contributed by atoms with van der Waals surface area (Å²) in [4.78, 5) is 11.3. The first-order valence-electron chi connectivity index (χ1n) is 10.2. The average molecular weight is 422 g/mol. The highest BCUT2D eigenvalue weighted by atomic mass is 32.2. The number of nitrogens with zero attached hydrogens (tertiary/aromatic N) is 4. The van der Waals surface area contributed by atoms with Gasteiger partial charge in [-0.25, -0.2) is 13.4 Å². The molecule has 8 nitrogen and oxygen atoms in total. The number of rotatable bonds is 8. The maximum Gasteiger partial charge on any atom is 0.324 e. The van der Waals surface area contributed by atoms with E-state index in [-0.39, 0.29) is 10.8 Å². The van der Waals surface area contributed by atoms with E-state index in [1.54, 1.807) is 19.1 Å². The van der Waals surface area contributed by atoms with Crippen LogP contribution in [0.3, 0.4) is 0 Å². The van der Waals surface area contributed by atoms with Crippen LogP contribution in [-0.2, 0) is 9.84 Å². The summed E-state index contributed by atoms with van der Waals surface area (Å²) in [5, 5.41) is 7.35. The Kier molecular flexibility index (Phi) is 6.77. The molecule has 0 amide bonds. The van der Waals surface area contributed by atoms with Crippen LogP contribution >= 0.6 is 0 Å². The maximum absolute atomic E-state index is 11.7. The Balaban J connectivity index is 1.39. The van der Waals surface area contributed by atoms with Crippen LogP contribution in [0.2, 0.25) is 0 Å². The van der Waals surface area contributed by atoms with Gasteiger partial charge in [-0.1, -0.05) is 19.0 Å². The molecule has 3 heterocycles. The molecule has 0 spiro atoms. The van der Waals surface area contributed by atoms with E-state index in [1.165, 1.54) is 6.26 Å². The first-order valence-corrected chi connectivity index (χ1v) is 12.1. The van der Waals surface area contributed by atoms with Crippen molar-refractivity contribution in [1.82, 2.24) is 15.1 Å². The molecule has 0 unspecified atom stereocenters.